The summed E-state index contributed by atoms with van der Waals surface area (Å²) in [6.45, 7) is 11.1. The Bertz CT molecular complexity index is 332. The zero-order chi connectivity index (χ0) is 12.9. The van der Waals surface area contributed by atoms with Crippen molar-refractivity contribution in [3.63, 3.8) is 0 Å². The summed E-state index contributed by atoms with van der Waals surface area (Å²) in [6, 6.07) is 0. The Labute approximate surface area is 106 Å². The zero-order valence-electron chi connectivity index (χ0n) is 12.1. The predicted molar refractivity (Wildman–Crippen MR) is 72.8 cm³/mol. The maximum atomic E-state index is 9.98. The Morgan fingerprint density at radius 1 is 1.29 bits per heavy atom. The molecule has 1 heteroatoms. The molecule has 0 aromatic heterocycles. The average molecular weight is 236 g/mol. The van der Waals surface area contributed by atoms with Gasteiger partial charge in [-0.15, -0.1) is 0 Å². The smallest absolute Gasteiger partial charge is 0.0628 e. The first-order valence-electron chi connectivity index (χ1n) is 7.05. The highest BCUT2D eigenvalue weighted by Crippen LogP contribution is 2.58. The maximum Gasteiger partial charge on any atom is 0.0628 e. The monoisotopic (exact) mass is 236 g/mol. The third-order valence-corrected chi connectivity index (χ3v) is 4.94. The molecule has 2 atom stereocenters. The Balaban J connectivity index is 2.19. The molecule has 1 N–H and O–H groups in total. The highest BCUT2D eigenvalue weighted by atomic mass is 16.3. The van der Waals surface area contributed by atoms with Crippen LogP contribution in [0.3, 0.4) is 0 Å². The molecule has 0 aliphatic heterocycles. The van der Waals surface area contributed by atoms with Crippen LogP contribution in [0.2, 0.25) is 0 Å². The van der Waals surface area contributed by atoms with Crippen molar-refractivity contribution in [2.75, 3.05) is 0 Å². The van der Waals surface area contributed by atoms with Crippen molar-refractivity contribution in [2.45, 2.75) is 72.3 Å². The second-order valence-electron chi connectivity index (χ2n) is 7.90. The third kappa shape index (κ3) is 2.59. The van der Waals surface area contributed by atoms with Crippen molar-refractivity contribution < 1.29 is 5.11 Å². The minimum atomic E-state index is -0.556. The summed E-state index contributed by atoms with van der Waals surface area (Å²) in [5, 5.41) is 9.98. The van der Waals surface area contributed by atoms with E-state index < -0.39 is 5.60 Å². The first kappa shape index (κ1) is 13.1. The van der Waals surface area contributed by atoms with Crippen molar-refractivity contribution in [2.24, 2.45) is 16.7 Å². The van der Waals surface area contributed by atoms with Gasteiger partial charge in [0.1, 0.15) is 0 Å². The Kier molecular flexibility index (Phi) is 2.97. The van der Waals surface area contributed by atoms with E-state index in [9.17, 15) is 5.11 Å². The average Bonchev–Trinajstić information content (AvgIpc) is 2.39. The topological polar surface area (TPSA) is 20.2 Å². The summed E-state index contributed by atoms with van der Waals surface area (Å²) in [6.07, 6.45) is 8.58. The van der Waals surface area contributed by atoms with Crippen molar-refractivity contribution >= 4 is 0 Å². The molecule has 0 aromatic carbocycles. The van der Waals surface area contributed by atoms with Crippen LogP contribution in [-0.2, 0) is 0 Å². The van der Waals surface area contributed by atoms with Crippen LogP contribution in [0.5, 0.6) is 0 Å². The van der Waals surface area contributed by atoms with Gasteiger partial charge in [-0.3, -0.25) is 0 Å². The number of fused-ring (bicyclic) bond motifs is 1. The zero-order valence-corrected chi connectivity index (χ0v) is 12.1. The number of aliphatic hydroxyl groups is 1. The quantitative estimate of drug-likeness (QED) is 0.708. The molecule has 2 aliphatic rings. The molecule has 0 heterocycles. The van der Waals surface area contributed by atoms with Gasteiger partial charge in [0.15, 0.2) is 0 Å². The number of rotatable bonds is 2. The van der Waals surface area contributed by atoms with Crippen molar-refractivity contribution in [1.82, 2.24) is 0 Å². The molecule has 2 aliphatic carbocycles. The van der Waals surface area contributed by atoms with E-state index in [-0.39, 0.29) is 0 Å². The third-order valence-electron chi connectivity index (χ3n) is 4.94. The lowest BCUT2D eigenvalue weighted by atomic mass is 9.58. The van der Waals surface area contributed by atoms with Crippen molar-refractivity contribution in [3.05, 3.63) is 11.6 Å². The summed E-state index contributed by atoms with van der Waals surface area (Å²) < 4.78 is 0. The second-order valence-corrected chi connectivity index (χ2v) is 7.90. The van der Waals surface area contributed by atoms with E-state index >= 15 is 0 Å². The summed E-state index contributed by atoms with van der Waals surface area (Å²) >= 11 is 0. The second kappa shape index (κ2) is 3.85. The Morgan fingerprint density at radius 3 is 2.47 bits per heavy atom. The molecule has 1 nitrogen and oxygen atoms in total. The molecule has 0 radical (unpaired) electrons. The maximum absolute atomic E-state index is 9.98. The van der Waals surface area contributed by atoms with E-state index in [4.69, 9.17) is 0 Å². The molecule has 98 valence electrons. The van der Waals surface area contributed by atoms with Crippen LogP contribution in [0, 0.1) is 16.7 Å². The van der Waals surface area contributed by atoms with E-state index in [1.54, 1.807) is 0 Å². The van der Waals surface area contributed by atoms with Gasteiger partial charge in [-0.2, -0.15) is 0 Å². The molecule has 17 heavy (non-hydrogen) atoms. The first-order chi connectivity index (χ1) is 7.62. The molecule has 1 fully saturated rings. The summed E-state index contributed by atoms with van der Waals surface area (Å²) in [7, 11) is 0. The molecule has 1 saturated carbocycles. The van der Waals surface area contributed by atoms with Gasteiger partial charge in [-0.25, -0.2) is 0 Å². The minimum Gasteiger partial charge on any atom is -0.390 e. The molecule has 2 rings (SSSR count). The van der Waals surface area contributed by atoms with Crippen LogP contribution in [0.1, 0.15) is 66.7 Å². The summed E-state index contributed by atoms with van der Waals surface area (Å²) in [5.41, 5.74) is 1.78. The van der Waals surface area contributed by atoms with E-state index in [2.05, 4.69) is 26.8 Å². The largest absolute Gasteiger partial charge is 0.390 e. The van der Waals surface area contributed by atoms with Crippen molar-refractivity contribution in [1.29, 1.82) is 0 Å². The number of hydrogen-bond donors (Lipinski definition) is 1. The van der Waals surface area contributed by atoms with Crippen molar-refractivity contribution in [3.8, 4) is 0 Å². The van der Waals surface area contributed by atoms with Gasteiger partial charge < -0.3 is 5.11 Å². The van der Waals surface area contributed by atoms with Crippen LogP contribution < -0.4 is 0 Å². The SMILES string of the molecule is CC(C)(O)CC1=C[C@@]2(C)CCCC(C)(C)[C@H]2C1. The normalized spacial score (nSPS) is 36.6. The van der Waals surface area contributed by atoms with E-state index in [1.165, 1.54) is 31.3 Å². The molecule has 0 aromatic rings. The lowest BCUT2D eigenvalue weighted by molar-refractivity contribution is 0.0454. The van der Waals surface area contributed by atoms with E-state index in [0.717, 1.165) is 12.3 Å². The van der Waals surface area contributed by atoms with Gasteiger partial charge in [-0.05, 0) is 56.3 Å². The van der Waals surface area contributed by atoms with Gasteiger partial charge in [0.05, 0.1) is 5.60 Å². The summed E-state index contributed by atoms with van der Waals surface area (Å²) in [5.74, 6) is 0.779. The highest BCUT2D eigenvalue weighted by Gasteiger charge is 2.48. The molecule has 0 bridgehead atoms. The first-order valence-corrected chi connectivity index (χ1v) is 7.05. The van der Waals surface area contributed by atoms with E-state index in [1.807, 2.05) is 13.8 Å². The lowest BCUT2D eigenvalue weighted by Gasteiger charge is -2.47. The Hall–Kier alpha value is -0.300. The minimum absolute atomic E-state index is 0.391. The molecule has 0 saturated heterocycles. The van der Waals surface area contributed by atoms with Gasteiger partial charge in [0, 0.05) is 0 Å². The summed E-state index contributed by atoms with van der Waals surface area (Å²) in [4.78, 5) is 0. The van der Waals surface area contributed by atoms with Crippen LogP contribution in [0.15, 0.2) is 11.6 Å². The van der Waals surface area contributed by atoms with Crippen LogP contribution in [0.4, 0.5) is 0 Å². The van der Waals surface area contributed by atoms with Gasteiger partial charge in [0.2, 0.25) is 0 Å². The Morgan fingerprint density at radius 2 is 1.94 bits per heavy atom. The lowest BCUT2D eigenvalue weighted by Crippen LogP contribution is -2.38. The predicted octanol–water partition coefficient (Wildman–Crippen LogP) is 4.31. The molecule has 0 spiro atoms. The highest BCUT2D eigenvalue weighted by molar-refractivity contribution is 5.23. The standard InChI is InChI=1S/C16H28O/c1-14(2)7-6-8-16(5)11-12(9-13(14)16)10-15(3,4)17/h11,13,17H,6-10H2,1-5H3/t13-,16-/m1/s1. The fourth-order valence-electron chi connectivity index (χ4n) is 4.31. The van der Waals surface area contributed by atoms with Crippen LogP contribution in [0.25, 0.3) is 0 Å². The molecule has 0 amide bonds. The van der Waals surface area contributed by atoms with Gasteiger partial charge in [-0.1, -0.05) is 38.8 Å². The van der Waals surface area contributed by atoms with E-state index in [0.29, 0.717) is 10.8 Å². The number of allylic oxidation sites excluding steroid dienone is 1. The molecular formula is C16H28O. The van der Waals surface area contributed by atoms with Gasteiger partial charge in [0.25, 0.3) is 0 Å². The fraction of sp³-hybridized carbons (Fsp3) is 0.875. The van der Waals surface area contributed by atoms with Crippen LogP contribution in [-0.4, -0.2) is 10.7 Å². The number of hydrogen-bond acceptors (Lipinski definition) is 1. The molecule has 0 unspecified atom stereocenters. The molecular weight excluding hydrogens is 208 g/mol. The van der Waals surface area contributed by atoms with Crippen LogP contribution >= 0.6 is 0 Å². The van der Waals surface area contributed by atoms with Gasteiger partial charge >= 0.3 is 0 Å². The fourth-order valence-corrected chi connectivity index (χ4v) is 4.31.